The Morgan fingerprint density at radius 1 is 1.45 bits per heavy atom. The van der Waals surface area contributed by atoms with E-state index in [1.165, 1.54) is 19.3 Å². The van der Waals surface area contributed by atoms with E-state index in [9.17, 15) is 9.18 Å². The zero-order valence-corrected chi connectivity index (χ0v) is 11.3. The lowest BCUT2D eigenvalue weighted by molar-refractivity contribution is 0.0347. The van der Waals surface area contributed by atoms with Crippen molar-refractivity contribution in [2.24, 2.45) is 0 Å². The van der Waals surface area contributed by atoms with E-state index in [4.69, 9.17) is 9.84 Å². The summed E-state index contributed by atoms with van der Waals surface area (Å²) in [5.74, 6) is -1.69. The number of nitrogens with zero attached hydrogens (tertiary/aromatic N) is 1. The second kappa shape index (κ2) is 7.19. The van der Waals surface area contributed by atoms with Crippen LogP contribution in [0.25, 0.3) is 0 Å². The third-order valence-electron chi connectivity index (χ3n) is 3.38. The van der Waals surface area contributed by atoms with E-state index in [1.54, 1.807) is 0 Å². The number of aromatic carboxylic acids is 1. The molecule has 1 fully saturated rings. The molecule has 110 valence electrons. The zero-order chi connectivity index (χ0) is 14.4. The summed E-state index contributed by atoms with van der Waals surface area (Å²) in [5, 5.41) is 11.9. The Hall–Kier alpha value is -1.69. The molecule has 20 heavy (non-hydrogen) atoms. The molecule has 0 aromatic carbocycles. The number of hydrogen-bond acceptors (Lipinski definition) is 4. The number of rotatable bonds is 6. The highest BCUT2D eigenvalue weighted by atomic mass is 19.1. The number of nitrogens with one attached hydrogen (secondary N) is 1. The van der Waals surface area contributed by atoms with Crippen LogP contribution in [0.1, 0.15) is 42.5 Å². The van der Waals surface area contributed by atoms with Gasteiger partial charge in [-0.2, -0.15) is 0 Å². The average Bonchev–Trinajstić information content (AvgIpc) is 2.45. The molecule has 0 bridgehead atoms. The van der Waals surface area contributed by atoms with Gasteiger partial charge in [0, 0.05) is 6.54 Å². The fourth-order valence-corrected chi connectivity index (χ4v) is 2.37. The fraction of sp³-hybridized carbons (Fsp3) is 0.571. The molecular formula is C14H19FN2O3. The minimum atomic E-state index is -1.20. The van der Waals surface area contributed by atoms with Crippen molar-refractivity contribution in [3.63, 3.8) is 0 Å². The van der Waals surface area contributed by atoms with Crippen molar-refractivity contribution in [2.45, 2.75) is 38.2 Å². The molecule has 0 radical (unpaired) electrons. The first-order chi connectivity index (χ1) is 9.66. The van der Waals surface area contributed by atoms with Gasteiger partial charge in [-0.3, -0.25) is 0 Å². The molecule has 1 aromatic rings. The van der Waals surface area contributed by atoms with E-state index >= 15 is 0 Å². The Morgan fingerprint density at radius 2 is 2.20 bits per heavy atom. The van der Waals surface area contributed by atoms with Gasteiger partial charge < -0.3 is 15.2 Å². The summed E-state index contributed by atoms with van der Waals surface area (Å²) < 4.78 is 18.7. The number of carbonyl (C=O) groups is 1. The minimum absolute atomic E-state index is 0.164. The Bertz CT molecular complexity index is 462. The molecule has 5 nitrogen and oxygen atoms in total. The number of aromatic nitrogens is 1. The maximum atomic E-state index is 13.0. The standard InChI is InChI=1S/C14H19FN2O3/c15-10-8-12(14(18)19)13(17-9-10)16-6-7-20-11-4-2-1-3-5-11/h8-9,11H,1-7H2,(H,16,17)(H,18,19). The third-order valence-corrected chi connectivity index (χ3v) is 3.38. The fourth-order valence-electron chi connectivity index (χ4n) is 2.37. The predicted molar refractivity (Wildman–Crippen MR) is 72.5 cm³/mol. The summed E-state index contributed by atoms with van der Waals surface area (Å²) in [7, 11) is 0. The lowest BCUT2D eigenvalue weighted by Gasteiger charge is -2.22. The Labute approximate surface area is 117 Å². The van der Waals surface area contributed by atoms with Gasteiger partial charge in [0.05, 0.1) is 18.9 Å². The SMILES string of the molecule is O=C(O)c1cc(F)cnc1NCCOC1CCCCC1. The monoisotopic (exact) mass is 282 g/mol. The largest absolute Gasteiger partial charge is 0.478 e. The minimum Gasteiger partial charge on any atom is -0.478 e. The van der Waals surface area contributed by atoms with Crippen molar-refractivity contribution < 1.29 is 19.0 Å². The molecule has 1 aliphatic carbocycles. The summed E-state index contributed by atoms with van der Waals surface area (Å²) in [4.78, 5) is 14.7. The summed E-state index contributed by atoms with van der Waals surface area (Å²) in [6.45, 7) is 0.943. The third kappa shape index (κ3) is 4.16. The number of halogens is 1. The van der Waals surface area contributed by atoms with Crippen molar-refractivity contribution in [2.75, 3.05) is 18.5 Å². The number of carboxylic acids is 1. The number of ether oxygens (including phenoxy) is 1. The van der Waals surface area contributed by atoms with Gasteiger partial charge in [-0.05, 0) is 18.9 Å². The molecule has 1 saturated carbocycles. The van der Waals surface area contributed by atoms with Gasteiger partial charge in [-0.25, -0.2) is 14.2 Å². The van der Waals surface area contributed by atoms with Crippen molar-refractivity contribution in [1.82, 2.24) is 4.98 Å². The first-order valence-electron chi connectivity index (χ1n) is 6.91. The summed E-state index contributed by atoms with van der Waals surface area (Å²) in [6.07, 6.45) is 7.19. The predicted octanol–water partition coefficient (Wildman–Crippen LogP) is 2.68. The van der Waals surface area contributed by atoms with Crippen LogP contribution in [0, 0.1) is 5.82 Å². The number of carboxylic acid groups (broad SMARTS) is 1. The van der Waals surface area contributed by atoms with Crippen LogP contribution >= 0.6 is 0 Å². The number of anilines is 1. The Balaban J connectivity index is 1.80. The Kier molecular flexibility index (Phi) is 5.29. The highest BCUT2D eigenvalue weighted by Gasteiger charge is 2.14. The topological polar surface area (TPSA) is 71.5 Å². The van der Waals surface area contributed by atoms with Crippen LogP contribution in [-0.4, -0.2) is 35.3 Å². The molecule has 0 saturated heterocycles. The molecule has 2 N–H and O–H groups in total. The highest BCUT2D eigenvalue weighted by molar-refractivity contribution is 5.93. The molecule has 0 unspecified atom stereocenters. The van der Waals surface area contributed by atoms with E-state index in [-0.39, 0.29) is 11.4 Å². The zero-order valence-electron chi connectivity index (χ0n) is 11.3. The van der Waals surface area contributed by atoms with E-state index in [0.717, 1.165) is 25.1 Å². The van der Waals surface area contributed by atoms with E-state index < -0.39 is 11.8 Å². The van der Waals surface area contributed by atoms with E-state index in [1.807, 2.05) is 0 Å². The van der Waals surface area contributed by atoms with Crippen molar-refractivity contribution >= 4 is 11.8 Å². The first-order valence-corrected chi connectivity index (χ1v) is 6.91. The maximum Gasteiger partial charge on any atom is 0.339 e. The van der Waals surface area contributed by atoms with Crippen LogP contribution in [-0.2, 0) is 4.74 Å². The van der Waals surface area contributed by atoms with Crippen LogP contribution < -0.4 is 5.32 Å². The van der Waals surface area contributed by atoms with E-state index in [2.05, 4.69) is 10.3 Å². The van der Waals surface area contributed by atoms with Crippen LogP contribution in [0.5, 0.6) is 0 Å². The molecular weight excluding hydrogens is 263 g/mol. The smallest absolute Gasteiger partial charge is 0.339 e. The van der Waals surface area contributed by atoms with E-state index in [0.29, 0.717) is 19.3 Å². The summed E-state index contributed by atoms with van der Waals surface area (Å²) >= 11 is 0. The maximum absolute atomic E-state index is 13.0. The average molecular weight is 282 g/mol. The van der Waals surface area contributed by atoms with Crippen LogP contribution in [0.15, 0.2) is 12.3 Å². The molecule has 0 aliphatic heterocycles. The lowest BCUT2D eigenvalue weighted by Crippen LogP contribution is -2.21. The molecule has 0 atom stereocenters. The molecule has 2 rings (SSSR count). The van der Waals surface area contributed by atoms with Crippen molar-refractivity contribution in [3.8, 4) is 0 Å². The highest BCUT2D eigenvalue weighted by Crippen LogP contribution is 2.20. The van der Waals surface area contributed by atoms with Crippen molar-refractivity contribution in [1.29, 1.82) is 0 Å². The van der Waals surface area contributed by atoms with Gasteiger partial charge in [0.2, 0.25) is 0 Å². The van der Waals surface area contributed by atoms with Crippen molar-refractivity contribution in [3.05, 3.63) is 23.6 Å². The van der Waals surface area contributed by atoms with Crippen LogP contribution in [0.2, 0.25) is 0 Å². The molecule has 1 heterocycles. The number of pyridine rings is 1. The molecule has 0 amide bonds. The number of hydrogen-bond donors (Lipinski definition) is 2. The molecule has 1 aliphatic rings. The Morgan fingerprint density at radius 3 is 2.90 bits per heavy atom. The van der Waals surface area contributed by atoms with Gasteiger partial charge in [-0.1, -0.05) is 19.3 Å². The molecule has 0 spiro atoms. The van der Waals surface area contributed by atoms with Crippen LogP contribution in [0.3, 0.4) is 0 Å². The lowest BCUT2D eigenvalue weighted by atomic mass is 9.98. The van der Waals surface area contributed by atoms with Crippen LogP contribution in [0.4, 0.5) is 10.2 Å². The van der Waals surface area contributed by atoms with Gasteiger partial charge in [0.15, 0.2) is 0 Å². The quantitative estimate of drug-likeness (QED) is 0.785. The second-order valence-electron chi connectivity index (χ2n) is 4.91. The summed E-state index contributed by atoms with van der Waals surface area (Å²) in [6, 6.07) is 0.958. The summed E-state index contributed by atoms with van der Waals surface area (Å²) in [5.41, 5.74) is -0.164. The second-order valence-corrected chi connectivity index (χ2v) is 4.91. The van der Waals surface area contributed by atoms with Gasteiger partial charge >= 0.3 is 5.97 Å². The molecule has 1 aromatic heterocycles. The van der Waals surface area contributed by atoms with Gasteiger partial charge in [0.1, 0.15) is 17.2 Å². The molecule has 6 heteroatoms. The normalized spacial score (nSPS) is 16.1. The first kappa shape index (κ1) is 14.7. The van der Waals surface area contributed by atoms with Gasteiger partial charge in [-0.15, -0.1) is 0 Å². The van der Waals surface area contributed by atoms with Gasteiger partial charge in [0.25, 0.3) is 0 Å².